The van der Waals surface area contributed by atoms with Crippen molar-refractivity contribution in [3.63, 3.8) is 0 Å². The average molecular weight is 312 g/mol. The van der Waals surface area contributed by atoms with Crippen LogP contribution in [0.15, 0.2) is 6.33 Å². The maximum atomic E-state index is 11.5. The number of rotatable bonds is 2. The zero-order valence-corrected chi connectivity index (χ0v) is 12.4. The predicted octanol–water partition coefficient (Wildman–Crippen LogP) is -1.08. The molecule has 0 spiro atoms. The van der Waals surface area contributed by atoms with Gasteiger partial charge < -0.3 is 15.5 Å². The smallest absolute Gasteiger partial charge is 0.243 e. The molecule has 2 N–H and O–H groups in total. The number of amides is 1. The van der Waals surface area contributed by atoms with E-state index in [9.17, 15) is 13.2 Å². The van der Waals surface area contributed by atoms with Crippen LogP contribution in [-0.2, 0) is 14.8 Å². The van der Waals surface area contributed by atoms with E-state index in [2.05, 4.69) is 20.6 Å². The SMILES string of the molecule is CS(=O)(=O)N1CCN(c2ncnc3c2NC(=O)CN3)CC1. The first-order valence-corrected chi connectivity index (χ1v) is 8.39. The standard InChI is InChI=1S/C11H16N6O3S/c1-21(19,20)17-4-2-16(3-5-17)11-9-10(13-7-14-11)12-6-8(18)15-9/h7H,2-6H2,1H3,(H,15,18)(H,12,13,14). The summed E-state index contributed by atoms with van der Waals surface area (Å²) in [5.74, 6) is 1.06. The first-order chi connectivity index (χ1) is 9.95. The van der Waals surface area contributed by atoms with Gasteiger partial charge in [-0.05, 0) is 0 Å². The van der Waals surface area contributed by atoms with E-state index < -0.39 is 10.0 Å². The quantitative estimate of drug-likeness (QED) is 0.715. The molecule has 0 saturated carbocycles. The third-order valence-corrected chi connectivity index (χ3v) is 4.82. The van der Waals surface area contributed by atoms with Crippen molar-refractivity contribution >= 4 is 33.3 Å². The highest BCUT2D eigenvalue weighted by Crippen LogP contribution is 2.31. The summed E-state index contributed by atoms with van der Waals surface area (Å²) in [6.07, 6.45) is 2.64. The van der Waals surface area contributed by atoms with E-state index in [0.29, 0.717) is 43.5 Å². The molecule has 2 aliphatic heterocycles. The number of hydrogen-bond acceptors (Lipinski definition) is 7. The number of nitrogens with one attached hydrogen (secondary N) is 2. The van der Waals surface area contributed by atoms with E-state index in [1.807, 2.05) is 4.90 Å². The minimum absolute atomic E-state index is 0.145. The summed E-state index contributed by atoms with van der Waals surface area (Å²) in [4.78, 5) is 21.8. The van der Waals surface area contributed by atoms with Crippen LogP contribution in [-0.4, -0.2) is 67.6 Å². The van der Waals surface area contributed by atoms with Crippen molar-refractivity contribution in [3.8, 4) is 0 Å². The number of piperazine rings is 1. The van der Waals surface area contributed by atoms with Crippen molar-refractivity contribution in [1.82, 2.24) is 14.3 Å². The second kappa shape index (κ2) is 5.11. The molecule has 2 aliphatic rings. The minimum Gasteiger partial charge on any atom is -0.359 e. The molecule has 0 aromatic carbocycles. The molecule has 0 bridgehead atoms. The van der Waals surface area contributed by atoms with Crippen molar-refractivity contribution in [1.29, 1.82) is 0 Å². The summed E-state index contributed by atoms with van der Waals surface area (Å²) < 4.78 is 24.5. The number of anilines is 3. The van der Waals surface area contributed by atoms with Gasteiger partial charge in [-0.25, -0.2) is 18.4 Å². The zero-order valence-electron chi connectivity index (χ0n) is 11.5. The van der Waals surface area contributed by atoms with Gasteiger partial charge in [-0.1, -0.05) is 0 Å². The third kappa shape index (κ3) is 2.76. The summed E-state index contributed by atoms with van der Waals surface area (Å²) in [5, 5.41) is 5.70. The van der Waals surface area contributed by atoms with E-state index in [1.54, 1.807) is 0 Å². The molecule has 1 amide bonds. The Balaban J connectivity index is 1.82. The fraction of sp³-hybridized carbons (Fsp3) is 0.545. The monoisotopic (exact) mass is 312 g/mol. The Kier molecular flexibility index (Phi) is 3.41. The van der Waals surface area contributed by atoms with Crippen LogP contribution in [0.2, 0.25) is 0 Å². The Morgan fingerprint density at radius 1 is 1.19 bits per heavy atom. The lowest BCUT2D eigenvalue weighted by molar-refractivity contribution is -0.114. The molecule has 0 radical (unpaired) electrons. The lowest BCUT2D eigenvalue weighted by Crippen LogP contribution is -2.49. The highest BCUT2D eigenvalue weighted by Gasteiger charge is 2.28. The van der Waals surface area contributed by atoms with Crippen LogP contribution in [0, 0.1) is 0 Å². The first kappa shape index (κ1) is 14.0. The molecule has 3 heterocycles. The zero-order chi connectivity index (χ0) is 15.0. The first-order valence-electron chi connectivity index (χ1n) is 6.54. The number of hydrogen-bond donors (Lipinski definition) is 2. The van der Waals surface area contributed by atoms with Crippen LogP contribution in [0.25, 0.3) is 0 Å². The molecule has 1 aromatic rings. The van der Waals surface area contributed by atoms with Crippen LogP contribution in [0.1, 0.15) is 0 Å². The van der Waals surface area contributed by atoms with E-state index in [1.165, 1.54) is 16.9 Å². The van der Waals surface area contributed by atoms with Crippen LogP contribution in [0.4, 0.5) is 17.3 Å². The lowest BCUT2D eigenvalue weighted by atomic mass is 10.3. The van der Waals surface area contributed by atoms with Gasteiger partial charge in [-0.2, -0.15) is 4.31 Å². The second-order valence-electron chi connectivity index (χ2n) is 4.97. The van der Waals surface area contributed by atoms with Crippen LogP contribution in [0.3, 0.4) is 0 Å². The summed E-state index contributed by atoms with van der Waals surface area (Å²) in [6, 6.07) is 0. The molecule has 1 aromatic heterocycles. The van der Waals surface area contributed by atoms with Gasteiger partial charge in [0.2, 0.25) is 15.9 Å². The van der Waals surface area contributed by atoms with Gasteiger partial charge in [0.05, 0.1) is 12.8 Å². The van der Waals surface area contributed by atoms with Crippen molar-refractivity contribution in [3.05, 3.63) is 6.33 Å². The Morgan fingerprint density at radius 2 is 1.90 bits per heavy atom. The molecule has 1 saturated heterocycles. The van der Waals surface area contributed by atoms with Crippen LogP contribution >= 0.6 is 0 Å². The number of fused-ring (bicyclic) bond motifs is 1. The van der Waals surface area contributed by atoms with Crippen LogP contribution in [0.5, 0.6) is 0 Å². The summed E-state index contributed by atoms with van der Waals surface area (Å²) in [5.41, 5.74) is 0.557. The molecular formula is C11H16N6O3S. The van der Waals surface area contributed by atoms with Gasteiger partial charge in [-0.3, -0.25) is 4.79 Å². The molecule has 1 fully saturated rings. The molecule has 10 heteroatoms. The highest BCUT2D eigenvalue weighted by molar-refractivity contribution is 7.88. The fourth-order valence-electron chi connectivity index (χ4n) is 2.44. The van der Waals surface area contributed by atoms with Gasteiger partial charge in [0.1, 0.15) is 12.0 Å². The number of carbonyl (C=O) groups is 1. The molecule has 21 heavy (non-hydrogen) atoms. The topological polar surface area (TPSA) is 108 Å². The maximum Gasteiger partial charge on any atom is 0.243 e. The Hall–Kier alpha value is -1.94. The third-order valence-electron chi connectivity index (χ3n) is 3.52. The van der Waals surface area contributed by atoms with Crippen molar-refractivity contribution in [2.24, 2.45) is 0 Å². The van der Waals surface area contributed by atoms with E-state index in [4.69, 9.17) is 0 Å². The Bertz CT molecular complexity index is 669. The number of aromatic nitrogens is 2. The van der Waals surface area contributed by atoms with Gasteiger partial charge in [0.15, 0.2) is 11.6 Å². The Morgan fingerprint density at radius 3 is 2.57 bits per heavy atom. The van der Waals surface area contributed by atoms with Crippen LogP contribution < -0.4 is 15.5 Å². The largest absolute Gasteiger partial charge is 0.359 e. The van der Waals surface area contributed by atoms with Crippen molar-refractivity contribution < 1.29 is 13.2 Å². The fourth-order valence-corrected chi connectivity index (χ4v) is 3.27. The lowest BCUT2D eigenvalue weighted by Gasteiger charge is -2.35. The second-order valence-corrected chi connectivity index (χ2v) is 6.95. The van der Waals surface area contributed by atoms with Crippen molar-refractivity contribution in [2.75, 3.05) is 54.5 Å². The summed E-state index contributed by atoms with van der Waals surface area (Å²) >= 11 is 0. The Labute approximate surface area is 122 Å². The molecule has 0 atom stereocenters. The molecule has 114 valence electrons. The molecule has 0 aliphatic carbocycles. The number of nitrogens with zero attached hydrogens (tertiary/aromatic N) is 4. The molecule has 9 nitrogen and oxygen atoms in total. The van der Waals surface area contributed by atoms with E-state index in [-0.39, 0.29) is 12.5 Å². The molecular weight excluding hydrogens is 296 g/mol. The molecule has 3 rings (SSSR count). The minimum atomic E-state index is -3.17. The van der Waals surface area contributed by atoms with Crippen molar-refractivity contribution in [2.45, 2.75) is 0 Å². The normalized spacial score (nSPS) is 19.7. The maximum absolute atomic E-state index is 11.5. The average Bonchev–Trinajstić information content (AvgIpc) is 2.46. The van der Waals surface area contributed by atoms with E-state index in [0.717, 1.165) is 0 Å². The molecule has 0 unspecified atom stereocenters. The predicted molar refractivity (Wildman–Crippen MR) is 77.8 cm³/mol. The van der Waals surface area contributed by atoms with Gasteiger partial charge in [0.25, 0.3) is 0 Å². The highest BCUT2D eigenvalue weighted by atomic mass is 32.2. The van der Waals surface area contributed by atoms with Gasteiger partial charge in [0, 0.05) is 26.2 Å². The van der Waals surface area contributed by atoms with E-state index >= 15 is 0 Å². The van der Waals surface area contributed by atoms with Gasteiger partial charge in [-0.15, -0.1) is 0 Å². The summed E-state index contributed by atoms with van der Waals surface area (Å²) in [7, 11) is -3.17. The summed E-state index contributed by atoms with van der Waals surface area (Å²) in [6.45, 7) is 2.03. The van der Waals surface area contributed by atoms with Gasteiger partial charge >= 0.3 is 0 Å². The number of sulfonamides is 1. The number of carbonyl (C=O) groups excluding carboxylic acids is 1.